The lowest BCUT2D eigenvalue weighted by atomic mass is 9.87. The van der Waals surface area contributed by atoms with Crippen molar-refractivity contribution in [2.45, 2.75) is 37.4 Å². The number of alkyl halides is 3. The van der Waals surface area contributed by atoms with E-state index in [1.807, 2.05) is 18.2 Å². The monoisotopic (exact) mass is 614 g/mol. The molecule has 0 unspecified atom stereocenters. The highest BCUT2D eigenvalue weighted by atomic mass is 19.4. The zero-order valence-electron chi connectivity index (χ0n) is 24.0. The molecular weight excluding hydrogens is 585 g/mol. The predicted octanol–water partition coefficient (Wildman–Crippen LogP) is 5.42. The molecule has 1 saturated heterocycles. The maximum Gasteiger partial charge on any atom is 0.389 e. The number of amides is 2. The number of rotatable bonds is 10. The highest BCUT2D eigenvalue weighted by molar-refractivity contribution is 6.10. The minimum absolute atomic E-state index is 0.106. The molecule has 5 rings (SSSR count). The molecule has 0 atom stereocenters. The number of fused-ring (bicyclic) bond motifs is 1. The Labute approximate surface area is 256 Å². The minimum atomic E-state index is -4.37. The molecule has 3 heterocycles. The standard InChI is InChI=1S/C32H29F3N8O2/c33-32(34,35)10-9-27(44)14-22-5-4-6-23(13-22)28-19-38-29-15-24(18-40-43(28)29)25(16-37)17-39-31(11-12-36)20-42(21-31)30(45)41-26-7-2-1-3-8-26/h1-8,13,15-19H,9-11,14,20-21,37H2,(H,41,45). The molecule has 2 aromatic carbocycles. The number of anilines is 1. The first kappa shape index (κ1) is 30.9. The second-order valence-electron chi connectivity index (χ2n) is 10.8. The van der Waals surface area contributed by atoms with Gasteiger partial charge in [0.1, 0.15) is 11.3 Å². The number of urea groups is 1. The Morgan fingerprint density at radius 2 is 1.89 bits per heavy atom. The Morgan fingerprint density at radius 3 is 2.60 bits per heavy atom. The number of halogens is 3. The average Bonchev–Trinajstić information content (AvgIpc) is 3.42. The second-order valence-corrected chi connectivity index (χ2v) is 10.8. The van der Waals surface area contributed by atoms with Crippen molar-refractivity contribution >= 4 is 34.9 Å². The van der Waals surface area contributed by atoms with E-state index in [0.29, 0.717) is 39.3 Å². The summed E-state index contributed by atoms with van der Waals surface area (Å²) < 4.78 is 39.1. The molecule has 0 radical (unpaired) electrons. The van der Waals surface area contributed by atoms with E-state index >= 15 is 0 Å². The number of para-hydroxylation sites is 1. The lowest BCUT2D eigenvalue weighted by Gasteiger charge is -2.46. The molecular formula is C32H29F3N8O2. The molecule has 0 saturated carbocycles. The van der Waals surface area contributed by atoms with Crippen molar-refractivity contribution in [2.24, 2.45) is 10.7 Å². The zero-order valence-corrected chi connectivity index (χ0v) is 24.0. The van der Waals surface area contributed by atoms with Crippen molar-refractivity contribution in [1.82, 2.24) is 19.5 Å². The first-order chi connectivity index (χ1) is 21.6. The van der Waals surface area contributed by atoms with Gasteiger partial charge in [0.15, 0.2) is 5.65 Å². The number of Topliss-reactive ketones (excluding diaryl/α,β-unsaturated/α-hetero) is 1. The second kappa shape index (κ2) is 13.0. The number of carbonyl (C=O) groups excluding carboxylic acids is 2. The number of ketones is 1. The molecule has 45 heavy (non-hydrogen) atoms. The van der Waals surface area contributed by atoms with Gasteiger partial charge >= 0.3 is 12.2 Å². The molecule has 1 aliphatic heterocycles. The predicted molar refractivity (Wildman–Crippen MR) is 163 cm³/mol. The quantitative estimate of drug-likeness (QED) is 0.229. The molecule has 2 aromatic heterocycles. The maximum absolute atomic E-state index is 12.6. The average molecular weight is 615 g/mol. The fourth-order valence-electron chi connectivity index (χ4n) is 5.01. The molecule has 13 heteroatoms. The summed E-state index contributed by atoms with van der Waals surface area (Å²) in [6.07, 6.45) is 0.0773. The van der Waals surface area contributed by atoms with Crippen molar-refractivity contribution in [3.8, 4) is 17.3 Å². The van der Waals surface area contributed by atoms with E-state index in [1.165, 1.54) is 6.20 Å². The summed E-state index contributed by atoms with van der Waals surface area (Å²) in [5.41, 5.74) is 9.42. The van der Waals surface area contributed by atoms with Gasteiger partial charge in [-0.3, -0.25) is 9.79 Å². The molecule has 2 amide bonds. The number of aliphatic imine (C=N–C) groups is 1. The number of imidazole rings is 1. The van der Waals surface area contributed by atoms with Crippen LogP contribution in [0.1, 0.15) is 30.4 Å². The summed E-state index contributed by atoms with van der Waals surface area (Å²) in [5.74, 6) is -0.491. The van der Waals surface area contributed by atoms with Crippen LogP contribution in [0.3, 0.4) is 0 Å². The number of carbonyl (C=O) groups is 2. The van der Waals surface area contributed by atoms with Crippen LogP contribution in [-0.4, -0.2) is 62.3 Å². The largest absolute Gasteiger partial charge is 0.404 e. The number of benzene rings is 2. The van der Waals surface area contributed by atoms with Gasteiger partial charge in [-0.15, -0.1) is 0 Å². The van der Waals surface area contributed by atoms with Crippen LogP contribution >= 0.6 is 0 Å². The van der Waals surface area contributed by atoms with Crippen LogP contribution in [0.5, 0.6) is 0 Å². The fourth-order valence-corrected chi connectivity index (χ4v) is 5.01. The molecule has 1 aliphatic rings. The van der Waals surface area contributed by atoms with Crippen LogP contribution in [0.4, 0.5) is 23.7 Å². The van der Waals surface area contributed by atoms with Crippen molar-refractivity contribution in [2.75, 3.05) is 18.4 Å². The normalized spacial score (nSPS) is 14.7. The van der Waals surface area contributed by atoms with Gasteiger partial charge in [-0.25, -0.2) is 14.3 Å². The number of hydrogen-bond acceptors (Lipinski definition) is 7. The third-order valence-electron chi connectivity index (χ3n) is 7.35. The molecule has 10 nitrogen and oxygen atoms in total. The van der Waals surface area contributed by atoms with Gasteiger partial charge in [0.25, 0.3) is 0 Å². The number of nitrogens with two attached hydrogens (primary N) is 1. The Balaban J connectivity index is 1.28. The summed E-state index contributed by atoms with van der Waals surface area (Å²) in [4.78, 5) is 35.4. The van der Waals surface area contributed by atoms with Crippen LogP contribution in [0.25, 0.3) is 22.5 Å². The molecule has 1 fully saturated rings. The smallest absolute Gasteiger partial charge is 0.389 e. The summed E-state index contributed by atoms with van der Waals surface area (Å²) >= 11 is 0. The number of aromatic nitrogens is 3. The van der Waals surface area contributed by atoms with Crippen LogP contribution in [0.2, 0.25) is 0 Å². The lowest BCUT2D eigenvalue weighted by Crippen LogP contribution is -2.63. The fraction of sp³-hybridized carbons (Fsp3) is 0.250. The van der Waals surface area contributed by atoms with Crippen LogP contribution in [0, 0.1) is 11.3 Å². The Morgan fingerprint density at radius 1 is 1.11 bits per heavy atom. The van der Waals surface area contributed by atoms with Gasteiger partial charge in [0.2, 0.25) is 0 Å². The van der Waals surface area contributed by atoms with Crippen molar-refractivity contribution in [3.05, 3.63) is 90.4 Å². The maximum atomic E-state index is 12.6. The first-order valence-corrected chi connectivity index (χ1v) is 14.0. The molecule has 230 valence electrons. The van der Waals surface area contributed by atoms with E-state index in [9.17, 15) is 28.0 Å². The molecule has 0 bridgehead atoms. The van der Waals surface area contributed by atoms with Crippen LogP contribution < -0.4 is 11.1 Å². The number of nitrogens with one attached hydrogen (secondary N) is 1. The molecule has 3 N–H and O–H groups in total. The van der Waals surface area contributed by atoms with E-state index in [0.717, 1.165) is 0 Å². The van der Waals surface area contributed by atoms with Crippen LogP contribution in [0.15, 0.2) is 84.2 Å². The summed E-state index contributed by atoms with van der Waals surface area (Å²) in [6, 6.07) is 19.7. The van der Waals surface area contributed by atoms with Crippen molar-refractivity contribution < 1.29 is 22.8 Å². The van der Waals surface area contributed by atoms with E-state index in [-0.39, 0.29) is 32.0 Å². The summed E-state index contributed by atoms with van der Waals surface area (Å²) in [5, 5.41) is 16.8. The SMILES string of the molecule is N#CCC1(N=CC(=CN)c2cnn3c(-c4cccc(CC(=O)CCC(F)(F)F)c4)cnc3c2)CN(C(=O)Nc2ccccc2)C1. The number of allylic oxidation sites excluding steroid dienone is 1. The number of hydrogen-bond donors (Lipinski definition) is 2. The van der Waals surface area contributed by atoms with Crippen molar-refractivity contribution in [1.29, 1.82) is 5.26 Å². The number of likely N-dealkylation sites (tertiary alicyclic amines) is 1. The summed E-state index contributed by atoms with van der Waals surface area (Å²) in [7, 11) is 0. The van der Waals surface area contributed by atoms with Gasteiger partial charge in [-0.1, -0.05) is 36.4 Å². The molecule has 0 aliphatic carbocycles. The van der Waals surface area contributed by atoms with Gasteiger partial charge in [-0.05, 0) is 29.8 Å². The Bertz CT molecular complexity index is 1800. The van der Waals surface area contributed by atoms with E-state index in [1.54, 1.807) is 70.5 Å². The van der Waals surface area contributed by atoms with Gasteiger partial charge in [-0.2, -0.15) is 23.5 Å². The third-order valence-corrected chi connectivity index (χ3v) is 7.35. The van der Waals surface area contributed by atoms with E-state index in [4.69, 9.17) is 5.73 Å². The van der Waals surface area contributed by atoms with E-state index < -0.39 is 30.3 Å². The summed E-state index contributed by atoms with van der Waals surface area (Å²) in [6.45, 7) is 0.531. The topological polar surface area (TPSA) is 142 Å². The number of nitrogens with zero attached hydrogens (tertiary/aromatic N) is 6. The zero-order chi connectivity index (χ0) is 32.0. The van der Waals surface area contributed by atoms with Gasteiger partial charge in [0, 0.05) is 47.6 Å². The molecule has 0 spiro atoms. The van der Waals surface area contributed by atoms with Gasteiger partial charge < -0.3 is 16.0 Å². The third kappa shape index (κ3) is 7.53. The number of nitriles is 1. The minimum Gasteiger partial charge on any atom is -0.404 e. The van der Waals surface area contributed by atoms with Crippen LogP contribution in [-0.2, 0) is 11.2 Å². The van der Waals surface area contributed by atoms with Crippen molar-refractivity contribution in [3.63, 3.8) is 0 Å². The van der Waals surface area contributed by atoms with E-state index in [2.05, 4.69) is 26.5 Å². The van der Waals surface area contributed by atoms with Gasteiger partial charge in [0.05, 0.1) is 50.1 Å². The Kier molecular flexibility index (Phi) is 8.94. The first-order valence-electron chi connectivity index (χ1n) is 14.0. The highest BCUT2D eigenvalue weighted by Crippen LogP contribution is 2.30. The lowest BCUT2D eigenvalue weighted by molar-refractivity contribution is -0.143. The molecule has 4 aromatic rings. The Hall–Kier alpha value is -5.51. The highest BCUT2D eigenvalue weighted by Gasteiger charge is 2.45.